The molecule has 3 heteroatoms. The summed E-state index contributed by atoms with van der Waals surface area (Å²) in [4.78, 5) is 5.99. The molecule has 2 heterocycles. The van der Waals surface area contributed by atoms with Crippen LogP contribution in [0.4, 0.5) is 0 Å². The molecule has 2 N–H and O–H groups in total. The third-order valence-electron chi connectivity index (χ3n) is 4.51. The molecule has 1 aromatic carbocycles. The average molecular weight is 271 g/mol. The van der Waals surface area contributed by atoms with E-state index in [1.807, 2.05) is 0 Å². The Labute approximate surface area is 121 Å². The summed E-state index contributed by atoms with van der Waals surface area (Å²) >= 11 is 0. The molecule has 3 rings (SSSR count). The first-order valence-electron chi connectivity index (χ1n) is 7.74. The molecule has 2 aromatic rings. The lowest BCUT2D eigenvalue weighted by Crippen LogP contribution is -2.43. The number of aromatic nitrogens is 1. The Morgan fingerprint density at radius 1 is 1.10 bits per heavy atom. The van der Waals surface area contributed by atoms with Crippen molar-refractivity contribution in [1.82, 2.24) is 15.2 Å². The fourth-order valence-electron chi connectivity index (χ4n) is 3.08. The van der Waals surface area contributed by atoms with Crippen LogP contribution < -0.4 is 5.32 Å². The number of aromatic amines is 1. The maximum Gasteiger partial charge on any atom is 0.0459 e. The summed E-state index contributed by atoms with van der Waals surface area (Å²) in [7, 11) is 0. The topological polar surface area (TPSA) is 31.1 Å². The number of nitrogens with zero attached hydrogens (tertiary/aromatic N) is 1. The highest BCUT2D eigenvalue weighted by molar-refractivity contribution is 5.84. The van der Waals surface area contributed by atoms with E-state index in [1.165, 1.54) is 60.1 Å². The van der Waals surface area contributed by atoms with Gasteiger partial charge in [-0.3, -0.25) is 0 Å². The van der Waals surface area contributed by atoms with Crippen molar-refractivity contribution in [3.05, 3.63) is 35.0 Å². The van der Waals surface area contributed by atoms with Gasteiger partial charge in [0.2, 0.25) is 0 Å². The van der Waals surface area contributed by atoms with Crippen LogP contribution in [0.5, 0.6) is 0 Å². The molecule has 1 saturated heterocycles. The Bertz CT molecular complexity index is 579. The minimum Gasteiger partial charge on any atom is -0.361 e. The number of hydrogen-bond donors (Lipinski definition) is 2. The molecule has 0 radical (unpaired) electrons. The van der Waals surface area contributed by atoms with Crippen molar-refractivity contribution in [3.8, 4) is 0 Å². The van der Waals surface area contributed by atoms with Crippen molar-refractivity contribution in [2.45, 2.75) is 26.7 Å². The van der Waals surface area contributed by atoms with E-state index in [0.29, 0.717) is 0 Å². The van der Waals surface area contributed by atoms with E-state index in [9.17, 15) is 0 Å². The maximum absolute atomic E-state index is 3.42. The van der Waals surface area contributed by atoms with E-state index in [1.54, 1.807) is 0 Å². The lowest BCUT2D eigenvalue weighted by Gasteiger charge is -2.26. The third-order valence-corrected chi connectivity index (χ3v) is 4.51. The summed E-state index contributed by atoms with van der Waals surface area (Å²) in [5.74, 6) is 0. The monoisotopic (exact) mass is 271 g/mol. The smallest absolute Gasteiger partial charge is 0.0459 e. The molecular weight excluding hydrogens is 246 g/mol. The molecule has 0 saturated carbocycles. The highest BCUT2D eigenvalue weighted by Gasteiger charge is 2.10. The molecule has 0 bridgehead atoms. The van der Waals surface area contributed by atoms with Gasteiger partial charge in [-0.25, -0.2) is 0 Å². The zero-order chi connectivity index (χ0) is 13.9. The van der Waals surface area contributed by atoms with Gasteiger partial charge in [0.25, 0.3) is 0 Å². The van der Waals surface area contributed by atoms with Crippen molar-refractivity contribution in [2.75, 3.05) is 32.7 Å². The van der Waals surface area contributed by atoms with Gasteiger partial charge in [0, 0.05) is 43.3 Å². The minimum atomic E-state index is 1.14. The summed E-state index contributed by atoms with van der Waals surface area (Å²) in [5.41, 5.74) is 5.51. The number of rotatable bonds is 4. The lowest BCUT2D eigenvalue weighted by atomic mass is 10.0. The summed E-state index contributed by atoms with van der Waals surface area (Å²) in [5, 5.41) is 4.82. The molecule has 0 unspecified atom stereocenters. The summed E-state index contributed by atoms with van der Waals surface area (Å²) in [6.07, 6.45) is 4.62. The van der Waals surface area contributed by atoms with Crippen LogP contribution in [0.2, 0.25) is 0 Å². The Morgan fingerprint density at radius 2 is 1.85 bits per heavy atom. The molecule has 1 fully saturated rings. The van der Waals surface area contributed by atoms with Crippen LogP contribution in [-0.4, -0.2) is 42.6 Å². The summed E-state index contributed by atoms with van der Waals surface area (Å²) < 4.78 is 0. The first-order valence-corrected chi connectivity index (χ1v) is 7.74. The van der Waals surface area contributed by atoms with Gasteiger partial charge in [-0.2, -0.15) is 0 Å². The second-order valence-corrected chi connectivity index (χ2v) is 5.99. The second kappa shape index (κ2) is 5.98. The highest BCUT2D eigenvalue weighted by atomic mass is 15.2. The van der Waals surface area contributed by atoms with E-state index in [4.69, 9.17) is 0 Å². The molecule has 0 aliphatic carbocycles. The van der Waals surface area contributed by atoms with Gasteiger partial charge >= 0.3 is 0 Å². The largest absolute Gasteiger partial charge is 0.361 e. The summed E-state index contributed by atoms with van der Waals surface area (Å²) in [6.45, 7) is 10.3. The Kier molecular flexibility index (Phi) is 4.08. The van der Waals surface area contributed by atoms with Crippen LogP contribution >= 0.6 is 0 Å². The first kappa shape index (κ1) is 13.7. The molecule has 0 amide bonds. The van der Waals surface area contributed by atoms with Crippen LogP contribution in [0.1, 0.15) is 23.1 Å². The molecule has 1 aliphatic rings. The number of fused-ring (bicyclic) bond motifs is 1. The van der Waals surface area contributed by atoms with Gasteiger partial charge in [-0.15, -0.1) is 0 Å². The van der Waals surface area contributed by atoms with Gasteiger partial charge in [0.15, 0.2) is 0 Å². The molecule has 1 aromatic heterocycles. The molecule has 0 atom stereocenters. The van der Waals surface area contributed by atoms with Crippen LogP contribution in [0.3, 0.4) is 0 Å². The van der Waals surface area contributed by atoms with Crippen molar-refractivity contribution >= 4 is 10.9 Å². The zero-order valence-corrected chi connectivity index (χ0v) is 12.6. The summed E-state index contributed by atoms with van der Waals surface area (Å²) in [6, 6.07) is 4.60. The Morgan fingerprint density at radius 3 is 2.65 bits per heavy atom. The average Bonchev–Trinajstić information content (AvgIpc) is 2.83. The van der Waals surface area contributed by atoms with Gasteiger partial charge in [0.1, 0.15) is 0 Å². The number of aryl methyl sites for hydroxylation is 3. The van der Waals surface area contributed by atoms with Crippen molar-refractivity contribution in [3.63, 3.8) is 0 Å². The fraction of sp³-hybridized carbons (Fsp3) is 0.529. The van der Waals surface area contributed by atoms with Crippen molar-refractivity contribution < 1.29 is 0 Å². The fourth-order valence-corrected chi connectivity index (χ4v) is 3.08. The van der Waals surface area contributed by atoms with Crippen LogP contribution in [0.15, 0.2) is 18.3 Å². The predicted octanol–water partition coefficient (Wildman–Crippen LogP) is 2.62. The van der Waals surface area contributed by atoms with E-state index in [2.05, 4.69) is 47.4 Å². The Balaban J connectivity index is 1.64. The molecule has 0 spiro atoms. The van der Waals surface area contributed by atoms with Crippen LogP contribution in [0.25, 0.3) is 10.9 Å². The SMILES string of the molecule is Cc1cc2[nH]cc(CCCN3CCNCC3)c2cc1C. The number of piperazine rings is 1. The normalized spacial score (nSPS) is 16.9. The zero-order valence-electron chi connectivity index (χ0n) is 12.6. The van der Waals surface area contributed by atoms with Crippen LogP contribution in [0, 0.1) is 13.8 Å². The molecule has 1 aliphatic heterocycles. The van der Waals surface area contributed by atoms with Gasteiger partial charge in [-0.05, 0) is 62.1 Å². The number of benzene rings is 1. The third kappa shape index (κ3) is 2.89. The number of nitrogens with one attached hydrogen (secondary N) is 2. The molecular formula is C17H25N3. The number of H-pyrrole nitrogens is 1. The standard InChI is InChI=1S/C17H25N3/c1-13-10-16-15(12-19-17(16)11-14(13)2)4-3-7-20-8-5-18-6-9-20/h10-12,18-19H,3-9H2,1-2H3. The van der Waals surface area contributed by atoms with Crippen molar-refractivity contribution in [2.24, 2.45) is 0 Å². The van der Waals surface area contributed by atoms with Gasteiger partial charge < -0.3 is 15.2 Å². The second-order valence-electron chi connectivity index (χ2n) is 5.99. The predicted molar refractivity (Wildman–Crippen MR) is 85.4 cm³/mol. The van der Waals surface area contributed by atoms with Crippen molar-refractivity contribution in [1.29, 1.82) is 0 Å². The van der Waals surface area contributed by atoms with E-state index in [-0.39, 0.29) is 0 Å². The van der Waals surface area contributed by atoms with E-state index in [0.717, 1.165) is 13.1 Å². The van der Waals surface area contributed by atoms with Gasteiger partial charge in [-0.1, -0.05) is 0 Å². The Hall–Kier alpha value is -1.32. The van der Waals surface area contributed by atoms with E-state index >= 15 is 0 Å². The van der Waals surface area contributed by atoms with Crippen LogP contribution in [-0.2, 0) is 6.42 Å². The lowest BCUT2D eigenvalue weighted by molar-refractivity contribution is 0.238. The van der Waals surface area contributed by atoms with Gasteiger partial charge in [0.05, 0.1) is 0 Å². The quantitative estimate of drug-likeness (QED) is 0.895. The minimum absolute atomic E-state index is 1.14. The van der Waals surface area contributed by atoms with E-state index < -0.39 is 0 Å². The first-order chi connectivity index (χ1) is 9.74. The molecule has 20 heavy (non-hydrogen) atoms. The molecule has 108 valence electrons. The highest BCUT2D eigenvalue weighted by Crippen LogP contribution is 2.23. The molecule has 3 nitrogen and oxygen atoms in total. The number of hydrogen-bond acceptors (Lipinski definition) is 2. The maximum atomic E-state index is 3.42.